The predicted molar refractivity (Wildman–Crippen MR) is 139 cm³/mol. The number of aromatic carboxylic acids is 1. The number of carbonyl (C=O) groups is 2. The third-order valence-electron chi connectivity index (χ3n) is 6.08. The Balaban J connectivity index is 1.44. The average Bonchev–Trinajstić information content (AvgIpc) is 2.90. The number of aryl methyl sites for hydroxylation is 1. The van der Waals surface area contributed by atoms with Crippen LogP contribution in [0.4, 0.5) is 0 Å². The molecule has 0 saturated heterocycles. The van der Waals surface area contributed by atoms with E-state index in [1.165, 1.54) is 5.56 Å². The SMILES string of the molecule is O=C(O)c1ccc(-c2ccc(CN(CCCc3ccccc3)C(=O)Cc3ccccc3)cc2)cc1. The zero-order valence-corrected chi connectivity index (χ0v) is 19.6. The summed E-state index contributed by atoms with van der Waals surface area (Å²) in [5, 5.41) is 9.10. The van der Waals surface area contributed by atoms with Crippen LogP contribution in [0.5, 0.6) is 0 Å². The molecule has 4 aromatic carbocycles. The van der Waals surface area contributed by atoms with Gasteiger partial charge >= 0.3 is 5.97 Å². The molecule has 4 nitrogen and oxygen atoms in total. The van der Waals surface area contributed by atoms with Gasteiger partial charge in [-0.05, 0) is 52.8 Å². The van der Waals surface area contributed by atoms with Crippen LogP contribution in [0.25, 0.3) is 11.1 Å². The second-order valence-corrected chi connectivity index (χ2v) is 8.65. The first-order valence-corrected chi connectivity index (χ1v) is 11.9. The minimum absolute atomic E-state index is 0.123. The summed E-state index contributed by atoms with van der Waals surface area (Å²) in [6.07, 6.45) is 2.22. The predicted octanol–water partition coefficient (Wildman–Crippen LogP) is 6.26. The lowest BCUT2D eigenvalue weighted by molar-refractivity contribution is -0.131. The van der Waals surface area contributed by atoms with Crippen LogP contribution < -0.4 is 0 Å². The molecule has 4 rings (SSSR count). The van der Waals surface area contributed by atoms with Gasteiger partial charge in [0.25, 0.3) is 0 Å². The molecule has 1 amide bonds. The maximum atomic E-state index is 13.2. The number of rotatable bonds is 10. The Bertz CT molecular complexity index is 1230. The first kappa shape index (κ1) is 24.0. The summed E-state index contributed by atoms with van der Waals surface area (Å²) in [4.78, 5) is 26.3. The summed E-state index contributed by atoms with van der Waals surface area (Å²) in [6.45, 7) is 1.25. The van der Waals surface area contributed by atoms with Crippen molar-refractivity contribution in [3.8, 4) is 11.1 Å². The highest BCUT2D eigenvalue weighted by atomic mass is 16.4. The van der Waals surface area contributed by atoms with Crippen molar-refractivity contribution in [2.75, 3.05) is 6.54 Å². The molecule has 0 aliphatic carbocycles. The van der Waals surface area contributed by atoms with Gasteiger partial charge in [-0.15, -0.1) is 0 Å². The van der Waals surface area contributed by atoms with E-state index >= 15 is 0 Å². The van der Waals surface area contributed by atoms with E-state index in [0.29, 0.717) is 19.5 Å². The van der Waals surface area contributed by atoms with Crippen molar-refractivity contribution in [1.29, 1.82) is 0 Å². The quantitative estimate of drug-likeness (QED) is 0.302. The number of carboxylic acid groups (broad SMARTS) is 1. The molecule has 1 N–H and O–H groups in total. The number of nitrogens with zero attached hydrogens (tertiary/aromatic N) is 1. The fourth-order valence-electron chi connectivity index (χ4n) is 4.12. The van der Waals surface area contributed by atoms with Crippen LogP contribution in [0.3, 0.4) is 0 Å². The van der Waals surface area contributed by atoms with E-state index in [4.69, 9.17) is 5.11 Å². The lowest BCUT2D eigenvalue weighted by Crippen LogP contribution is -2.33. The van der Waals surface area contributed by atoms with E-state index in [2.05, 4.69) is 12.1 Å². The molecule has 0 heterocycles. The van der Waals surface area contributed by atoms with Crippen molar-refractivity contribution in [2.45, 2.75) is 25.8 Å². The van der Waals surface area contributed by atoms with Crippen molar-refractivity contribution >= 4 is 11.9 Å². The zero-order valence-electron chi connectivity index (χ0n) is 19.6. The van der Waals surface area contributed by atoms with Crippen LogP contribution in [0.1, 0.15) is 33.5 Å². The first-order valence-electron chi connectivity index (χ1n) is 11.9. The van der Waals surface area contributed by atoms with Crippen molar-refractivity contribution in [2.24, 2.45) is 0 Å². The summed E-state index contributed by atoms with van der Waals surface area (Å²) < 4.78 is 0. The Kier molecular flexibility index (Phi) is 8.08. The van der Waals surface area contributed by atoms with Gasteiger partial charge in [-0.25, -0.2) is 4.79 Å². The Labute approximate surface area is 206 Å². The fourth-order valence-corrected chi connectivity index (χ4v) is 4.12. The molecule has 0 spiro atoms. The largest absolute Gasteiger partial charge is 0.478 e. The van der Waals surface area contributed by atoms with Crippen LogP contribution in [-0.4, -0.2) is 28.4 Å². The molecule has 0 aliphatic heterocycles. The summed E-state index contributed by atoms with van der Waals surface area (Å²) >= 11 is 0. The molecule has 176 valence electrons. The van der Waals surface area contributed by atoms with Gasteiger partial charge in [0.15, 0.2) is 0 Å². The van der Waals surface area contributed by atoms with Gasteiger partial charge in [0, 0.05) is 13.1 Å². The van der Waals surface area contributed by atoms with Gasteiger partial charge in [0.2, 0.25) is 5.91 Å². The minimum Gasteiger partial charge on any atom is -0.478 e. The Hall–Kier alpha value is -4.18. The Morgan fingerprint density at radius 1 is 0.629 bits per heavy atom. The number of amides is 1. The molecule has 0 atom stereocenters. The van der Waals surface area contributed by atoms with E-state index in [9.17, 15) is 9.59 Å². The van der Waals surface area contributed by atoms with Crippen LogP contribution in [0.15, 0.2) is 109 Å². The standard InChI is InChI=1S/C31H29NO3/c33-30(22-25-10-5-2-6-11-25)32(21-7-12-24-8-3-1-4-9-24)23-26-13-15-27(16-14-26)28-17-19-29(20-18-28)31(34)35/h1-6,8-11,13-20H,7,12,21-23H2,(H,34,35). The summed E-state index contributed by atoms with van der Waals surface area (Å²) in [5.74, 6) is -0.808. The average molecular weight is 464 g/mol. The molecule has 35 heavy (non-hydrogen) atoms. The highest BCUT2D eigenvalue weighted by Gasteiger charge is 2.15. The maximum absolute atomic E-state index is 13.2. The molecule has 0 saturated carbocycles. The van der Waals surface area contributed by atoms with Gasteiger partial charge in [-0.2, -0.15) is 0 Å². The van der Waals surface area contributed by atoms with Crippen LogP contribution in [0.2, 0.25) is 0 Å². The fraction of sp³-hybridized carbons (Fsp3) is 0.161. The van der Waals surface area contributed by atoms with E-state index in [0.717, 1.165) is 35.1 Å². The number of hydrogen-bond acceptors (Lipinski definition) is 2. The van der Waals surface area contributed by atoms with Crippen molar-refractivity contribution in [3.63, 3.8) is 0 Å². The third kappa shape index (κ3) is 6.90. The minimum atomic E-state index is -0.931. The number of carboxylic acids is 1. The van der Waals surface area contributed by atoms with Crippen molar-refractivity contribution < 1.29 is 14.7 Å². The normalized spacial score (nSPS) is 10.6. The molecule has 0 aromatic heterocycles. The molecule has 4 aromatic rings. The summed E-state index contributed by atoms with van der Waals surface area (Å²) in [6, 6.07) is 35.2. The second-order valence-electron chi connectivity index (χ2n) is 8.65. The molecular weight excluding hydrogens is 434 g/mol. The zero-order chi connectivity index (χ0) is 24.5. The smallest absolute Gasteiger partial charge is 0.335 e. The molecule has 0 bridgehead atoms. The van der Waals surface area contributed by atoms with Gasteiger partial charge in [0.1, 0.15) is 0 Å². The molecule has 0 fully saturated rings. The van der Waals surface area contributed by atoms with E-state index in [1.54, 1.807) is 12.1 Å². The summed E-state index contributed by atoms with van der Waals surface area (Å²) in [5.41, 5.74) is 5.61. The molecule has 0 aliphatic rings. The van der Waals surface area contributed by atoms with E-state index in [-0.39, 0.29) is 11.5 Å². The molecule has 0 radical (unpaired) electrons. The highest BCUT2D eigenvalue weighted by Crippen LogP contribution is 2.21. The lowest BCUT2D eigenvalue weighted by Gasteiger charge is -2.23. The van der Waals surface area contributed by atoms with Gasteiger partial charge in [-0.1, -0.05) is 97.1 Å². The van der Waals surface area contributed by atoms with Crippen LogP contribution in [0, 0.1) is 0 Å². The van der Waals surface area contributed by atoms with Gasteiger partial charge in [-0.3, -0.25) is 4.79 Å². The molecular formula is C31H29NO3. The van der Waals surface area contributed by atoms with Crippen molar-refractivity contribution in [3.05, 3.63) is 131 Å². The Morgan fingerprint density at radius 2 is 1.17 bits per heavy atom. The molecule has 4 heteroatoms. The number of benzene rings is 4. The maximum Gasteiger partial charge on any atom is 0.335 e. The van der Waals surface area contributed by atoms with E-state index < -0.39 is 5.97 Å². The molecule has 0 unspecified atom stereocenters. The lowest BCUT2D eigenvalue weighted by atomic mass is 10.0. The first-order chi connectivity index (χ1) is 17.1. The number of hydrogen-bond donors (Lipinski definition) is 1. The van der Waals surface area contributed by atoms with Gasteiger partial charge in [0.05, 0.1) is 12.0 Å². The van der Waals surface area contributed by atoms with Gasteiger partial charge < -0.3 is 10.0 Å². The monoisotopic (exact) mass is 463 g/mol. The van der Waals surface area contributed by atoms with Crippen molar-refractivity contribution in [1.82, 2.24) is 4.90 Å². The topological polar surface area (TPSA) is 57.6 Å². The Morgan fingerprint density at radius 3 is 1.74 bits per heavy atom. The highest BCUT2D eigenvalue weighted by molar-refractivity contribution is 5.88. The second kappa shape index (κ2) is 11.8. The number of carbonyl (C=O) groups excluding carboxylic acids is 1. The van der Waals surface area contributed by atoms with Crippen LogP contribution in [-0.2, 0) is 24.2 Å². The third-order valence-corrected chi connectivity index (χ3v) is 6.08. The van der Waals surface area contributed by atoms with Crippen LogP contribution >= 0.6 is 0 Å². The summed E-state index contributed by atoms with van der Waals surface area (Å²) in [7, 11) is 0. The van der Waals surface area contributed by atoms with E-state index in [1.807, 2.05) is 89.8 Å².